The summed E-state index contributed by atoms with van der Waals surface area (Å²) in [5, 5.41) is 2.58. The van der Waals surface area contributed by atoms with Gasteiger partial charge >= 0.3 is 11.9 Å². The number of ether oxygens (including phenoxy) is 1. The highest BCUT2D eigenvalue weighted by Crippen LogP contribution is 2.29. The third-order valence-corrected chi connectivity index (χ3v) is 3.34. The molecule has 1 saturated carbocycles. The molecule has 0 radical (unpaired) electrons. The topological polar surface area (TPSA) is 55.4 Å². The van der Waals surface area contributed by atoms with E-state index in [1.807, 2.05) is 0 Å². The van der Waals surface area contributed by atoms with Crippen molar-refractivity contribution in [3.8, 4) is 0 Å². The standard InChI is InChI=1S/C12H21NO3/c1-9-3-5-10(6-4-9)7-8-13-11(14)12(15)16-2/h9-10H,3-8H2,1-2H3,(H,13,14). The average Bonchev–Trinajstić information content (AvgIpc) is 2.30. The summed E-state index contributed by atoms with van der Waals surface area (Å²) in [6, 6.07) is 0. The van der Waals surface area contributed by atoms with Crippen molar-refractivity contribution in [1.82, 2.24) is 5.32 Å². The predicted molar refractivity (Wildman–Crippen MR) is 60.8 cm³/mol. The van der Waals surface area contributed by atoms with Crippen LogP contribution in [-0.4, -0.2) is 25.5 Å². The van der Waals surface area contributed by atoms with Gasteiger partial charge in [0.2, 0.25) is 0 Å². The molecule has 1 fully saturated rings. The minimum Gasteiger partial charge on any atom is -0.462 e. The number of nitrogens with one attached hydrogen (secondary N) is 1. The van der Waals surface area contributed by atoms with Gasteiger partial charge in [-0.05, 0) is 18.3 Å². The Kier molecular flexibility index (Phi) is 5.29. The van der Waals surface area contributed by atoms with E-state index in [0.717, 1.165) is 12.3 Å². The Labute approximate surface area is 96.7 Å². The van der Waals surface area contributed by atoms with Gasteiger partial charge in [0.15, 0.2) is 0 Å². The van der Waals surface area contributed by atoms with Gasteiger partial charge in [0.1, 0.15) is 0 Å². The van der Waals surface area contributed by atoms with Gasteiger partial charge in [-0.2, -0.15) is 0 Å². The van der Waals surface area contributed by atoms with Crippen LogP contribution in [0.2, 0.25) is 0 Å². The van der Waals surface area contributed by atoms with Gasteiger partial charge in [-0.3, -0.25) is 4.79 Å². The first kappa shape index (κ1) is 13.0. The van der Waals surface area contributed by atoms with Crippen LogP contribution in [0.15, 0.2) is 0 Å². The molecule has 0 aliphatic heterocycles. The molecule has 0 atom stereocenters. The van der Waals surface area contributed by atoms with Crippen molar-refractivity contribution in [2.75, 3.05) is 13.7 Å². The maximum Gasteiger partial charge on any atom is 0.396 e. The summed E-state index contributed by atoms with van der Waals surface area (Å²) in [6.07, 6.45) is 6.03. The maximum atomic E-state index is 11.1. The molecule has 1 amide bonds. The maximum absolute atomic E-state index is 11.1. The molecule has 1 aliphatic rings. The first-order valence-electron chi connectivity index (χ1n) is 5.99. The highest BCUT2D eigenvalue weighted by Gasteiger charge is 2.19. The molecule has 0 bridgehead atoms. The summed E-state index contributed by atoms with van der Waals surface area (Å²) >= 11 is 0. The molecule has 0 heterocycles. The normalized spacial score (nSPS) is 24.9. The average molecular weight is 227 g/mol. The van der Waals surface area contributed by atoms with Crippen molar-refractivity contribution >= 4 is 11.9 Å². The SMILES string of the molecule is COC(=O)C(=O)NCCC1CCC(C)CC1. The number of methoxy groups -OCH3 is 1. The smallest absolute Gasteiger partial charge is 0.396 e. The van der Waals surface area contributed by atoms with E-state index in [1.165, 1.54) is 32.8 Å². The number of carbonyl (C=O) groups excluding carboxylic acids is 2. The Morgan fingerprint density at radius 2 is 1.88 bits per heavy atom. The van der Waals surface area contributed by atoms with Crippen LogP contribution in [0.3, 0.4) is 0 Å². The van der Waals surface area contributed by atoms with Crippen LogP contribution in [0.25, 0.3) is 0 Å². The van der Waals surface area contributed by atoms with Crippen LogP contribution in [0, 0.1) is 11.8 Å². The summed E-state index contributed by atoms with van der Waals surface area (Å²) in [5.74, 6) is 0.110. The first-order chi connectivity index (χ1) is 7.63. The molecule has 0 saturated heterocycles. The number of rotatable bonds is 3. The lowest BCUT2D eigenvalue weighted by Gasteiger charge is -2.25. The van der Waals surface area contributed by atoms with E-state index >= 15 is 0 Å². The van der Waals surface area contributed by atoms with E-state index in [-0.39, 0.29) is 0 Å². The molecule has 0 unspecified atom stereocenters. The fraction of sp³-hybridized carbons (Fsp3) is 0.833. The van der Waals surface area contributed by atoms with E-state index < -0.39 is 11.9 Å². The van der Waals surface area contributed by atoms with Gasteiger partial charge in [0.05, 0.1) is 7.11 Å². The second kappa shape index (κ2) is 6.51. The van der Waals surface area contributed by atoms with Gasteiger partial charge in [-0.15, -0.1) is 0 Å². The Morgan fingerprint density at radius 1 is 1.25 bits per heavy atom. The van der Waals surface area contributed by atoms with Crippen LogP contribution in [-0.2, 0) is 14.3 Å². The Balaban J connectivity index is 2.11. The van der Waals surface area contributed by atoms with Gasteiger partial charge in [0, 0.05) is 6.54 Å². The second-order valence-corrected chi connectivity index (χ2v) is 4.66. The minimum absolute atomic E-state index is 0.576. The minimum atomic E-state index is -0.808. The molecular weight excluding hydrogens is 206 g/mol. The molecule has 4 nitrogen and oxygen atoms in total. The molecule has 16 heavy (non-hydrogen) atoms. The summed E-state index contributed by atoms with van der Waals surface area (Å²) in [7, 11) is 1.21. The summed E-state index contributed by atoms with van der Waals surface area (Å²) in [6.45, 7) is 2.86. The number of hydrogen-bond donors (Lipinski definition) is 1. The zero-order valence-corrected chi connectivity index (χ0v) is 10.1. The van der Waals surface area contributed by atoms with E-state index in [1.54, 1.807) is 0 Å². The fourth-order valence-corrected chi connectivity index (χ4v) is 2.17. The van der Waals surface area contributed by atoms with Crippen molar-refractivity contribution in [3.63, 3.8) is 0 Å². The van der Waals surface area contributed by atoms with Crippen LogP contribution in [0.5, 0.6) is 0 Å². The second-order valence-electron chi connectivity index (χ2n) is 4.66. The highest BCUT2D eigenvalue weighted by molar-refractivity contribution is 6.32. The van der Waals surface area contributed by atoms with Crippen LogP contribution in [0.4, 0.5) is 0 Å². The van der Waals surface area contributed by atoms with Crippen LogP contribution < -0.4 is 5.32 Å². The molecule has 0 spiro atoms. The highest BCUT2D eigenvalue weighted by atomic mass is 16.5. The fourth-order valence-electron chi connectivity index (χ4n) is 2.17. The molecule has 1 aliphatic carbocycles. The molecule has 4 heteroatoms. The monoisotopic (exact) mass is 227 g/mol. The van der Waals surface area contributed by atoms with Gasteiger partial charge < -0.3 is 10.1 Å². The third-order valence-electron chi connectivity index (χ3n) is 3.34. The lowest BCUT2D eigenvalue weighted by Crippen LogP contribution is -2.33. The summed E-state index contributed by atoms with van der Waals surface area (Å²) in [5.41, 5.74) is 0. The van der Waals surface area contributed by atoms with Crippen molar-refractivity contribution in [3.05, 3.63) is 0 Å². The van der Waals surface area contributed by atoms with E-state index in [9.17, 15) is 9.59 Å². The third kappa shape index (κ3) is 4.21. The molecule has 1 N–H and O–H groups in total. The first-order valence-corrected chi connectivity index (χ1v) is 5.99. The summed E-state index contributed by atoms with van der Waals surface area (Å²) in [4.78, 5) is 21.9. The largest absolute Gasteiger partial charge is 0.462 e. The summed E-state index contributed by atoms with van der Waals surface area (Å²) < 4.78 is 4.32. The van der Waals surface area contributed by atoms with Crippen molar-refractivity contribution < 1.29 is 14.3 Å². The molecule has 0 aromatic rings. The van der Waals surface area contributed by atoms with Gasteiger partial charge in [0.25, 0.3) is 0 Å². The van der Waals surface area contributed by atoms with E-state index in [2.05, 4.69) is 17.0 Å². The quantitative estimate of drug-likeness (QED) is 0.587. The van der Waals surface area contributed by atoms with Crippen molar-refractivity contribution in [2.45, 2.75) is 39.0 Å². The number of amides is 1. The number of carbonyl (C=O) groups is 2. The Hall–Kier alpha value is -1.06. The van der Waals surface area contributed by atoms with Crippen molar-refractivity contribution in [2.24, 2.45) is 11.8 Å². The van der Waals surface area contributed by atoms with Crippen LogP contribution >= 0.6 is 0 Å². The molecule has 1 rings (SSSR count). The number of esters is 1. The predicted octanol–water partition coefficient (Wildman–Crippen LogP) is 1.49. The molecule has 0 aromatic carbocycles. The molecule has 92 valence electrons. The Morgan fingerprint density at radius 3 is 2.44 bits per heavy atom. The zero-order chi connectivity index (χ0) is 12.0. The van der Waals surface area contributed by atoms with Gasteiger partial charge in [-0.25, -0.2) is 4.79 Å². The Bertz CT molecular complexity index is 245. The lowest BCUT2D eigenvalue weighted by atomic mass is 9.81. The van der Waals surface area contributed by atoms with Crippen molar-refractivity contribution in [1.29, 1.82) is 0 Å². The van der Waals surface area contributed by atoms with Gasteiger partial charge in [-0.1, -0.05) is 32.6 Å². The van der Waals surface area contributed by atoms with E-state index in [0.29, 0.717) is 12.5 Å². The molecule has 0 aromatic heterocycles. The van der Waals surface area contributed by atoms with Crippen LogP contribution in [0.1, 0.15) is 39.0 Å². The molecular formula is C12H21NO3. The lowest BCUT2D eigenvalue weighted by molar-refractivity contribution is -0.152. The van der Waals surface area contributed by atoms with E-state index in [4.69, 9.17) is 0 Å². The zero-order valence-electron chi connectivity index (χ0n) is 10.1. The number of hydrogen-bond acceptors (Lipinski definition) is 3.